The molecule has 0 bridgehead atoms. The monoisotopic (exact) mass is 291 g/mol. The van der Waals surface area contributed by atoms with E-state index in [2.05, 4.69) is 44.3 Å². The van der Waals surface area contributed by atoms with Crippen molar-refractivity contribution in [1.82, 2.24) is 5.32 Å². The second kappa shape index (κ2) is 10.8. The summed E-state index contributed by atoms with van der Waals surface area (Å²) in [5.41, 5.74) is 4.02. The number of hydrogen-bond donors (Lipinski definition) is 1. The van der Waals surface area contributed by atoms with Gasteiger partial charge in [-0.3, -0.25) is 0 Å². The highest BCUT2D eigenvalue weighted by atomic mass is 16.5. The van der Waals surface area contributed by atoms with Gasteiger partial charge in [0.25, 0.3) is 0 Å². The lowest BCUT2D eigenvalue weighted by molar-refractivity contribution is 0.110. The minimum absolute atomic E-state index is 0.296. The van der Waals surface area contributed by atoms with Crippen molar-refractivity contribution in [1.29, 1.82) is 0 Å². The highest BCUT2D eigenvalue weighted by molar-refractivity contribution is 5.31. The van der Waals surface area contributed by atoms with E-state index < -0.39 is 0 Å². The summed E-state index contributed by atoms with van der Waals surface area (Å²) in [6, 6.07) is 6.97. The van der Waals surface area contributed by atoms with E-state index >= 15 is 0 Å². The van der Waals surface area contributed by atoms with Gasteiger partial charge in [0, 0.05) is 6.61 Å². The Kier molecular flexibility index (Phi) is 9.36. The Morgan fingerprint density at radius 1 is 1.00 bits per heavy atom. The van der Waals surface area contributed by atoms with Crippen LogP contribution in [0.25, 0.3) is 0 Å². The minimum atomic E-state index is 0.296. The van der Waals surface area contributed by atoms with Crippen LogP contribution in [0.5, 0.6) is 0 Å². The van der Waals surface area contributed by atoms with Crippen LogP contribution >= 0.6 is 0 Å². The first-order valence-electron chi connectivity index (χ1n) is 8.51. The Bertz CT molecular complexity index is 389. The van der Waals surface area contributed by atoms with Crippen LogP contribution in [0, 0.1) is 13.8 Å². The summed E-state index contributed by atoms with van der Waals surface area (Å²) in [6.45, 7) is 8.22. The lowest BCUT2D eigenvalue weighted by Crippen LogP contribution is -2.22. The number of hydrogen-bond acceptors (Lipinski definition) is 2. The predicted molar refractivity (Wildman–Crippen MR) is 91.9 cm³/mol. The topological polar surface area (TPSA) is 21.3 Å². The summed E-state index contributed by atoms with van der Waals surface area (Å²) in [4.78, 5) is 0. The third-order valence-corrected chi connectivity index (χ3v) is 4.21. The van der Waals surface area contributed by atoms with Crippen molar-refractivity contribution < 1.29 is 4.74 Å². The zero-order valence-electron chi connectivity index (χ0n) is 14.4. The maximum absolute atomic E-state index is 5.86. The van der Waals surface area contributed by atoms with Gasteiger partial charge in [0.15, 0.2) is 0 Å². The first-order valence-corrected chi connectivity index (χ1v) is 8.51. The van der Waals surface area contributed by atoms with Crippen LogP contribution in [-0.4, -0.2) is 20.3 Å². The van der Waals surface area contributed by atoms with Crippen molar-refractivity contribution in [3.05, 3.63) is 34.9 Å². The smallest absolute Gasteiger partial charge is 0.0661 e. The number of aryl methyl sites for hydroxylation is 2. The molecule has 1 atom stereocenters. The summed E-state index contributed by atoms with van der Waals surface area (Å²) in [6.07, 6.45) is 7.90. The maximum Gasteiger partial charge on any atom is 0.0661 e. The molecule has 1 unspecified atom stereocenters. The van der Waals surface area contributed by atoms with Gasteiger partial charge in [0.2, 0.25) is 0 Å². The van der Waals surface area contributed by atoms with Gasteiger partial charge in [-0.15, -0.1) is 0 Å². The van der Waals surface area contributed by atoms with Crippen molar-refractivity contribution in [2.75, 3.05) is 20.3 Å². The summed E-state index contributed by atoms with van der Waals surface area (Å²) in [5.74, 6) is 0. The van der Waals surface area contributed by atoms with Crippen LogP contribution < -0.4 is 5.32 Å². The van der Waals surface area contributed by atoms with Crippen LogP contribution in [0.2, 0.25) is 0 Å². The Balaban J connectivity index is 2.23. The molecule has 0 aromatic heterocycles. The molecule has 21 heavy (non-hydrogen) atoms. The number of nitrogens with one attached hydrogen (secondary N) is 1. The normalized spacial score (nSPS) is 12.6. The second-order valence-corrected chi connectivity index (χ2v) is 6.03. The quantitative estimate of drug-likeness (QED) is 0.583. The van der Waals surface area contributed by atoms with E-state index in [4.69, 9.17) is 4.74 Å². The predicted octanol–water partition coefficient (Wildman–Crippen LogP) is 4.94. The lowest BCUT2D eigenvalue weighted by atomic mass is 10.0. The van der Waals surface area contributed by atoms with Gasteiger partial charge >= 0.3 is 0 Å². The summed E-state index contributed by atoms with van der Waals surface area (Å²) >= 11 is 0. The second-order valence-electron chi connectivity index (χ2n) is 6.03. The molecular weight excluding hydrogens is 258 g/mol. The van der Waals surface area contributed by atoms with Gasteiger partial charge in [0.1, 0.15) is 0 Å². The van der Waals surface area contributed by atoms with Gasteiger partial charge < -0.3 is 10.1 Å². The molecule has 0 aliphatic heterocycles. The Morgan fingerprint density at radius 2 is 1.71 bits per heavy atom. The molecule has 0 radical (unpaired) electrons. The zero-order valence-corrected chi connectivity index (χ0v) is 14.4. The van der Waals surface area contributed by atoms with Gasteiger partial charge in [-0.1, -0.05) is 57.2 Å². The zero-order chi connectivity index (χ0) is 15.5. The largest absolute Gasteiger partial charge is 0.379 e. The maximum atomic E-state index is 5.86. The van der Waals surface area contributed by atoms with E-state index in [0.717, 1.165) is 13.2 Å². The Labute approximate surface area is 131 Å². The van der Waals surface area contributed by atoms with E-state index in [-0.39, 0.29) is 0 Å². The first kappa shape index (κ1) is 18.2. The molecule has 0 heterocycles. The molecule has 0 fully saturated rings. The molecule has 2 nitrogen and oxygen atoms in total. The van der Waals surface area contributed by atoms with Gasteiger partial charge in [-0.2, -0.15) is 0 Å². The van der Waals surface area contributed by atoms with Crippen molar-refractivity contribution in [2.45, 2.75) is 65.3 Å². The van der Waals surface area contributed by atoms with Gasteiger partial charge in [-0.25, -0.2) is 0 Å². The SMILES string of the molecule is CCCCCCCCOCC(NC)c1ccc(C)c(C)c1. The molecule has 1 aromatic carbocycles. The molecular formula is C19H33NO. The lowest BCUT2D eigenvalue weighted by Gasteiger charge is -2.18. The first-order chi connectivity index (χ1) is 10.2. The van der Waals surface area contributed by atoms with Crippen LogP contribution in [0.15, 0.2) is 18.2 Å². The third-order valence-electron chi connectivity index (χ3n) is 4.21. The Hall–Kier alpha value is -0.860. The fraction of sp³-hybridized carbons (Fsp3) is 0.684. The van der Waals surface area contributed by atoms with Crippen LogP contribution in [0.1, 0.15) is 68.2 Å². The fourth-order valence-corrected chi connectivity index (χ4v) is 2.51. The molecule has 1 aromatic rings. The van der Waals surface area contributed by atoms with E-state index in [1.807, 2.05) is 7.05 Å². The van der Waals surface area contributed by atoms with Crippen molar-refractivity contribution in [3.8, 4) is 0 Å². The minimum Gasteiger partial charge on any atom is -0.379 e. The molecule has 2 heteroatoms. The standard InChI is InChI=1S/C19H33NO/c1-5-6-7-8-9-10-13-21-15-19(20-4)18-12-11-16(2)17(3)14-18/h11-12,14,19-20H,5-10,13,15H2,1-4H3. The van der Waals surface area contributed by atoms with Crippen LogP contribution in [-0.2, 0) is 4.74 Å². The van der Waals surface area contributed by atoms with E-state index in [1.165, 1.54) is 55.2 Å². The molecule has 0 saturated carbocycles. The number of benzene rings is 1. The molecule has 0 spiro atoms. The molecule has 1 rings (SSSR count). The Morgan fingerprint density at radius 3 is 2.38 bits per heavy atom. The highest BCUT2D eigenvalue weighted by Gasteiger charge is 2.09. The summed E-state index contributed by atoms with van der Waals surface area (Å²) < 4.78 is 5.86. The van der Waals surface area contributed by atoms with Crippen molar-refractivity contribution in [3.63, 3.8) is 0 Å². The highest BCUT2D eigenvalue weighted by Crippen LogP contribution is 2.17. The van der Waals surface area contributed by atoms with E-state index in [0.29, 0.717) is 6.04 Å². The van der Waals surface area contributed by atoms with Crippen molar-refractivity contribution >= 4 is 0 Å². The molecule has 0 saturated heterocycles. The summed E-state index contributed by atoms with van der Waals surface area (Å²) in [7, 11) is 2.01. The molecule has 0 aliphatic carbocycles. The summed E-state index contributed by atoms with van der Waals surface area (Å²) in [5, 5.41) is 3.36. The average molecular weight is 291 g/mol. The fourth-order valence-electron chi connectivity index (χ4n) is 2.51. The third kappa shape index (κ3) is 7.10. The van der Waals surface area contributed by atoms with Crippen LogP contribution in [0.4, 0.5) is 0 Å². The number of ether oxygens (including phenoxy) is 1. The molecule has 120 valence electrons. The van der Waals surface area contributed by atoms with Crippen molar-refractivity contribution in [2.24, 2.45) is 0 Å². The van der Waals surface area contributed by atoms with Gasteiger partial charge in [0.05, 0.1) is 12.6 Å². The van der Waals surface area contributed by atoms with Crippen LogP contribution in [0.3, 0.4) is 0 Å². The average Bonchev–Trinajstić information content (AvgIpc) is 2.49. The van der Waals surface area contributed by atoms with Gasteiger partial charge in [-0.05, 0) is 44.0 Å². The van der Waals surface area contributed by atoms with E-state index in [9.17, 15) is 0 Å². The molecule has 1 N–H and O–H groups in total. The number of likely N-dealkylation sites (N-methyl/N-ethyl adjacent to an activating group) is 1. The molecule has 0 amide bonds. The molecule has 0 aliphatic rings. The number of unbranched alkanes of at least 4 members (excludes halogenated alkanes) is 5. The number of rotatable bonds is 11. The van der Waals surface area contributed by atoms with E-state index in [1.54, 1.807) is 0 Å².